The second-order valence-corrected chi connectivity index (χ2v) is 8.31. The number of rotatable bonds is 8. The van der Waals surface area contributed by atoms with Crippen LogP contribution in [0, 0.1) is 11.6 Å². The van der Waals surface area contributed by atoms with Gasteiger partial charge in [0.2, 0.25) is 0 Å². The monoisotopic (exact) mass is 485 g/mol. The Morgan fingerprint density at radius 3 is 2.19 bits per heavy atom. The van der Waals surface area contributed by atoms with Crippen LogP contribution in [-0.2, 0) is 19.6 Å². The van der Waals surface area contributed by atoms with E-state index < -0.39 is 17.5 Å². The van der Waals surface area contributed by atoms with Gasteiger partial charge in [-0.1, -0.05) is 48.5 Å². The van der Waals surface area contributed by atoms with E-state index in [1.165, 1.54) is 42.5 Å². The number of hydrogen-bond donors (Lipinski definition) is 2. The standard InChI is InChI=1S/C29H25F2N3O2/c30-25-13-11-22(12-14-25)28(35)33-27-10-2-1-7-24(27)19-34(18-21-6-3-5-20(15-21)17-32)29(36)23-8-4-9-26(31)16-23/h1-16H,17-19,32H2,(H,33,35). The highest BCUT2D eigenvalue weighted by atomic mass is 19.1. The number of hydrogen-bond acceptors (Lipinski definition) is 3. The van der Waals surface area contributed by atoms with Crippen molar-refractivity contribution >= 4 is 17.5 Å². The van der Waals surface area contributed by atoms with Crippen molar-refractivity contribution in [3.63, 3.8) is 0 Å². The molecule has 0 aliphatic heterocycles. The van der Waals surface area contributed by atoms with E-state index >= 15 is 0 Å². The zero-order chi connectivity index (χ0) is 25.5. The Morgan fingerprint density at radius 1 is 0.722 bits per heavy atom. The van der Waals surface area contributed by atoms with Gasteiger partial charge in [0, 0.05) is 36.4 Å². The molecular weight excluding hydrogens is 460 g/mol. The first-order valence-corrected chi connectivity index (χ1v) is 11.4. The molecule has 0 bridgehead atoms. The molecular formula is C29H25F2N3O2. The number of benzene rings is 4. The van der Waals surface area contributed by atoms with Gasteiger partial charge in [-0.2, -0.15) is 0 Å². The molecule has 4 aromatic rings. The molecule has 0 radical (unpaired) electrons. The Balaban J connectivity index is 1.63. The lowest BCUT2D eigenvalue weighted by Gasteiger charge is -2.25. The first kappa shape index (κ1) is 24.8. The normalized spacial score (nSPS) is 10.6. The fraction of sp³-hybridized carbons (Fsp3) is 0.103. The average Bonchev–Trinajstić information content (AvgIpc) is 2.89. The first-order chi connectivity index (χ1) is 17.4. The zero-order valence-electron chi connectivity index (χ0n) is 19.5. The third kappa shape index (κ3) is 6.20. The van der Waals surface area contributed by atoms with E-state index in [2.05, 4.69) is 5.32 Å². The number of carbonyl (C=O) groups excluding carboxylic acids is 2. The molecule has 0 aliphatic rings. The van der Waals surface area contributed by atoms with E-state index in [1.807, 2.05) is 36.4 Å². The average molecular weight is 486 g/mol. The molecule has 0 saturated heterocycles. The van der Waals surface area contributed by atoms with Crippen LogP contribution < -0.4 is 11.1 Å². The lowest BCUT2D eigenvalue weighted by Crippen LogP contribution is -2.30. The van der Waals surface area contributed by atoms with Crippen LogP contribution in [0.2, 0.25) is 0 Å². The predicted molar refractivity (Wildman–Crippen MR) is 135 cm³/mol. The van der Waals surface area contributed by atoms with Crippen molar-refractivity contribution in [1.29, 1.82) is 0 Å². The van der Waals surface area contributed by atoms with Gasteiger partial charge in [0.15, 0.2) is 0 Å². The van der Waals surface area contributed by atoms with E-state index in [0.29, 0.717) is 23.4 Å². The van der Waals surface area contributed by atoms with Gasteiger partial charge in [-0.25, -0.2) is 8.78 Å². The van der Waals surface area contributed by atoms with E-state index in [1.54, 1.807) is 23.1 Å². The maximum absolute atomic E-state index is 13.9. The van der Waals surface area contributed by atoms with Gasteiger partial charge in [0.25, 0.3) is 11.8 Å². The Labute approximate surface area is 208 Å². The molecule has 0 aliphatic carbocycles. The van der Waals surface area contributed by atoms with E-state index in [4.69, 9.17) is 5.73 Å². The van der Waals surface area contributed by atoms with Gasteiger partial charge in [-0.05, 0) is 65.2 Å². The molecule has 0 fully saturated rings. The summed E-state index contributed by atoms with van der Waals surface area (Å²) in [4.78, 5) is 27.8. The summed E-state index contributed by atoms with van der Waals surface area (Å²) in [6.45, 7) is 0.773. The summed E-state index contributed by atoms with van der Waals surface area (Å²) >= 11 is 0. The van der Waals surface area contributed by atoms with Crippen LogP contribution in [-0.4, -0.2) is 16.7 Å². The Bertz CT molecular complexity index is 1370. The van der Waals surface area contributed by atoms with Crippen LogP contribution in [0.3, 0.4) is 0 Å². The smallest absolute Gasteiger partial charge is 0.255 e. The molecule has 7 heteroatoms. The molecule has 4 rings (SSSR count). The highest BCUT2D eigenvalue weighted by Crippen LogP contribution is 2.22. The Hall–Kier alpha value is -4.36. The number of carbonyl (C=O) groups is 2. The predicted octanol–water partition coefficient (Wildman–Crippen LogP) is 5.52. The van der Waals surface area contributed by atoms with Crippen LogP contribution >= 0.6 is 0 Å². The summed E-state index contributed by atoms with van der Waals surface area (Å²) in [5.74, 6) is -1.69. The lowest BCUT2D eigenvalue weighted by atomic mass is 10.1. The maximum atomic E-state index is 13.9. The molecule has 3 N–H and O–H groups in total. The molecule has 5 nitrogen and oxygen atoms in total. The van der Waals surface area contributed by atoms with Crippen LogP contribution in [0.5, 0.6) is 0 Å². The summed E-state index contributed by atoms with van der Waals surface area (Å²) in [6.07, 6.45) is 0. The highest BCUT2D eigenvalue weighted by molar-refractivity contribution is 6.04. The van der Waals surface area contributed by atoms with Crippen molar-refractivity contribution in [2.45, 2.75) is 19.6 Å². The lowest BCUT2D eigenvalue weighted by molar-refractivity contribution is 0.0730. The Morgan fingerprint density at radius 2 is 1.44 bits per heavy atom. The van der Waals surface area contributed by atoms with Crippen molar-refractivity contribution in [3.05, 3.63) is 137 Å². The first-order valence-electron chi connectivity index (χ1n) is 11.4. The summed E-state index contributed by atoms with van der Waals surface area (Å²) in [6, 6.07) is 25.5. The second kappa shape index (κ2) is 11.4. The molecule has 36 heavy (non-hydrogen) atoms. The largest absolute Gasteiger partial charge is 0.330 e. The van der Waals surface area contributed by atoms with Crippen molar-refractivity contribution in [3.8, 4) is 0 Å². The summed E-state index contributed by atoms with van der Waals surface area (Å²) in [5.41, 5.74) is 9.30. The zero-order valence-corrected chi connectivity index (χ0v) is 19.5. The van der Waals surface area contributed by atoms with E-state index in [0.717, 1.165) is 11.1 Å². The van der Waals surface area contributed by atoms with Crippen molar-refractivity contribution in [2.24, 2.45) is 5.73 Å². The maximum Gasteiger partial charge on any atom is 0.255 e. The number of anilines is 1. The van der Waals surface area contributed by atoms with Gasteiger partial charge in [0.1, 0.15) is 11.6 Å². The quantitative estimate of drug-likeness (QED) is 0.345. The third-order valence-electron chi connectivity index (χ3n) is 5.69. The van der Waals surface area contributed by atoms with Gasteiger partial charge in [-0.3, -0.25) is 9.59 Å². The summed E-state index contributed by atoms with van der Waals surface area (Å²) in [5, 5.41) is 2.85. The minimum atomic E-state index is -0.502. The fourth-order valence-corrected chi connectivity index (χ4v) is 3.86. The highest BCUT2D eigenvalue weighted by Gasteiger charge is 2.19. The van der Waals surface area contributed by atoms with Crippen molar-refractivity contribution in [1.82, 2.24) is 4.90 Å². The number of nitrogens with zero attached hydrogens (tertiary/aromatic N) is 1. The van der Waals surface area contributed by atoms with Gasteiger partial charge >= 0.3 is 0 Å². The molecule has 0 spiro atoms. The van der Waals surface area contributed by atoms with Gasteiger partial charge in [-0.15, -0.1) is 0 Å². The topological polar surface area (TPSA) is 75.4 Å². The van der Waals surface area contributed by atoms with Crippen molar-refractivity contribution in [2.75, 3.05) is 5.32 Å². The second-order valence-electron chi connectivity index (χ2n) is 8.31. The fourth-order valence-electron chi connectivity index (χ4n) is 3.86. The molecule has 0 atom stereocenters. The van der Waals surface area contributed by atoms with Crippen molar-refractivity contribution < 1.29 is 18.4 Å². The summed E-state index contributed by atoms with van der Waals surface area (Å²) < 4.78 is 27.1. The molecule has 0 aromatic heterocycles. The minimum absolute atomic E-state index is 0.155. The number of halogens is 2. The molecule has 0 heterocycles. The molecule has 0 unspecified atom stereocenters. The van der Waals surface area contributed by atoms with Crippen LogP contribution in [0.4, 0.5) is 14.5 Å². The minimum Gasteiger partial charge on any atom is -0.330 e. The molecule has 4 aromatic carbocycles. The third-order valence-corrected chi connectivity index (χ3v) is 5.69. The molecule has 182 valence electrons. The molecule has 0 saturated carbocycles. The van der Waals surface area contributed by atoms with E-state index in [-0.39, 0.29) is 24.6 Å². The van der Waals surface area contributed by atoms with Crippen LogP contribution in [0.25, 0.3) is 0 Å². The SMILES string of the molecule is NCc1cccc(CN(Cc2ccccc2NC(=O)c2ccc(F)cc2)C(=O)c2cccc(F)c2)c1. The van der Waals surface area contributed by atoms with E-state index in [9.17, 15) is 18.4 Å². The summed E-state index contributed by atoms with van der Waals surface area (Å²) in [7, 11) is 0. The number of nitrogens with one attached hydrogen (secondary N) is 1. The van der Waals surface area contributed by atoms with Gasteiger partial charge < -0.3 is 16.0 Å². The van der Waals surface area contributed by atoms with Gasteiger partial charge in [0.05, 0.1) is 0 Å². The van der Waals surface area contributed by atoms with Crippen LogP contribution in [0.1, 0.15) is 37.4 Å². The Kier molecular flexibility index (Phi) is 7.82. The number of para-hydroxylation sites is 1. The number of nitrogens with two attached hydrogens (primary N) is 1. The molecule has 2 amide bonds. The number of amides is 2. The van der Waals surface area contributed by atoms with Crippen LogP contribution in [0.15, 0.2) is 97.1 Å².